The lowest BCUT2D eigenvalue weighted by Crippen LogP contribution is -2.58. The zero-order chi connectivity index (χ0) is 25.6. The van der Waals surface area contributed by atoms with Gasteiger partial charge in [-0.25, -0.2) is 4.79 Å². The fourth-order valence-corrected chi connectivity index (χ4v) is 2.42. The van der Waals surface area contributed by atoms with Crippen LogP contribution in [0.15, 0.2) is 4.99 Å². The molecule has 0 aromatic rings. The Bertz CT molecular complexity index is 728. The number of nitrogens with one attached hydrogen (secondary N) is 3. The van der Waals surface area contributed by atoms with Gasteiger partial charge in [-0.3, -0.25) is 24.2 Å². The largest absolute Gasteiger partial charge is 0.480 e. The molecule has 188 valence electrons. The molecular weight excluding hydrogens is 444 g/mol. The summed E-state index contributed by atoms with van der Waals surface area (Å²) in [4.78, 5) is 63.1. The molecule has 14 N–H and O–H groups in total. The molecule has 33 heavy (non-hydrogen) atoms. The molecule has 0 bridgehead atoms. The summed E-state index contributed by atoms with van der Waals surface area (Å²) < 4.78 is 0. The van der Waals surface area contributed by atoms with Crippen LogP contribution in [0.5, 0.6) is 0 Å². The number of carboxylic acid groups (broad SMARTS) is 1. The van der Waals surface area contributed by atoms with E-state index in [9.17, 15) is 34.2 Å². The minimum absolute atomic E-state index is 0.0390. The second-order valence-electron chi connectivity index (χ2n) is 6.95. The molecule has 16 heteroatoms. The molecule has 4 atom stereocenters. The first-order valence-electron chi connectivity index (χ1n) is 9.87. The number of aliphatic carboxylic acids is 1. The number of guanidine groups is 1. The third-order valence-electron chi connectivity index (χ3n) is 4.22. The van der Waals surface area contributed by atoms with Crippen LogP contribution in [0.25, 0.3) is 0 Å². The van der Waals surface area contributed by atoms with Crippen molar-refractivity contribution in [2.45, 2.75) is 49.9 Å². The molecule has 4 unspecified atom stereocenters. The summed E-state index contributed by atoms with van der Waals surface area (Å²) in [5, 5.41) is 34.2. The van der Waals surface area contributed by atoms with Crippen LogP contribution in [0.2, 0.25) is 0 Å². The maximum Gasteiger partial charge on any atom is 0.326 e. The summed E-state index contributed by atoms with van der Waals surface area (Å²) in [6.07, 6.45) is -0.429. The van der Waals surface area contributed by atoms with Gasteiger partial charge in [0.05, 0.1) is 13.2 Å². The van der Waals surface area contributed by atoms with Gasteiger partial charge in [-0.15, -0.1) is 0 Å². The number of rotatable bonds is 16. The first kappa shape index (κ1) is 29.5. The van der Waals surface area contributed by atoms with Crippen molar-refractivity contribution in [3.63, 3.8) is 0 Å². The number of aliphatic imine (C=N–C) groups is 1. The maximum absolute atomic E-state index is 12.6. The topological polar surface area (TPSA) is 299 Å². The van der Waals surface area contributed by atoms with E-state index in [0.29, 0.717) is 0 Å². The van der Waals surface area contributed by atoms with Crippen LogP contribution in [0.4, 0.5) is 0 Å². The molecule has 0 saturated carbocycles. The molecule has 0 rings (SSSR count). The van der Waals surface area contributed by atoms with Crippen molar-refractivity contribution in [2.75, 3.05) is 19.8 Å². The average Bonchev–Trinajstić information content (AvgIpc) is 2.75. The van der Waals surface area contributed by atoms with Crippen molar-refractivity contribution < 1.29 is 39.3 Å². The van der Waals surface area contributed by atoms with Gasteiger partial charge in [-0.1, -0.05) is 0 Å². The van der Waals surface area contributed by atoms with E-state index in [4.69, 9.17) is 28.0 Å². The molecule has 0 saturated heterocycles. The summed E-state index contributed by atoms with van der Waals surface area (Å²) in [6.45, 7) is -1.46. The number of aliphatic hydroxyl groups excluding tert-OH is 2. The molecule has 0 aromatic heterocycles. The smallest absolute Gasteiger partial charge is 0.326 e. The van der Waals surface area contributed by atoms with Crippen LogP contribution in [-0.4, -0.2) is 94.8 Å². The van der Waals surface area contributed by atoms with Crippen LogP contribution >= 0.6 is 0 Å². The fraction of sp³-hybridized carbons (Fsp3) is 0.647. The van der Waals surface area contributed by atoms with Crippen molar-refractivity contribution in [2.24, 2.45) is 27.9 Å². The number of carbonyl (C=O) groups is 5. The SMILES string of the molecule is NC(=O)CCC(NC(=O)C(CO)NC(=O)C(N)CO)C(=O)NC(CCCN=C(N)N)C(=O)O. The Kier molecular flexibility index (Phi) is 13.7. The number of nitrogens with zero attached hydrogens (tertiary/aromatic N) is 1. The van der Waals surface area contributed by atoms with Gasteiger partial charge in [-0.05, 0) is 19.3 Å². The van der Waals surface area contributed by atoms with Crippen LogP contribution < -0.4 is 38.9 Å². The van der Waals surface area contributed by atoms with Crippen molar-refractivity contribution in [1.29, 1.82) is 0 Å². The Morgan fingerprint density at radius 1 is 0.788 bits per heavy atom. The molecule has 0 heterocycles. The zero-order valence-electron chi connectivity index (χ0n) is 17.9. The lowest BCUT2D eigenvalue weighted by molar-refractivity contribution is -0.142. The first-order valence-corrected chi connectivity index (χ1v) is 9.87. The van der Waals surface area contributed by atoms with Gasteiger partial charge >= 0.3 is 5.97 Å². The summed E-state index contributed by atoms with van der Waals surface area (Å²) in [5.74, 6) is -5.20. The van der Waals surface area contributed by atoms with E-state index in [1.807, 2.05) is 0 Å². The molecule has 0 spiro atoms. The van der Waals surface area contributed by atoms with Gasteiger partial charge in [0.15, 0.2) is 5.96 Å². The minimum atomic E-state index is -1.53. The predicted octanol–water partition coefficient (Wildman–Crippen LogP) is -5.84. The number of aliphatic hydroxyl groups is 2. The van der Waals surface area contributed by atoms with Crippen LogP contribution in [0.1, 0.15) is 25.7 Å². The first-order chi connectivity index (χ1) is 15.4. The minimum Gasteiger partial charge on any atom is -0.480 e. The standard InChI is InChI=1S/C17H32N8O8/c18-8(6-26)13(29)25-11(7-27)15(31)23-9(3-4-12(19)28)14(30)24-10(16(32)33)2-1-5-22-17(20)21/h8-11,26-27H,1-7,18H2,(H2,19,28)(H,23,31)(H,24,30)(H,25,29)(H,32,33)(H4,20,21,22). The van der Waals surface area contributed by atoms with Crippen LogP contribution in [-0.2, 0) is 24.0 Å². The number of carbonyl (C=O) groups excluding carboxylic acids is 4. The quantitative estimate of drug-likeness (QED) is 0.0568. The van der Waals surface area contributed by atoms with E-state index in [2.05, 4.69) is 20.9 Å². The Labute approximate surface area is 189 Å². The second kappa shape index (κ2) is 15.3. The van der Waals surface area contributed by atoms with E-state index in [0.717, 1.165) is 0 Å². The summed E-state index contributed by atoms with van der Waals surface area (Å²) in [6, 6.07) is -5.65. The number of amides is 4. The molecule has 0 aliphatic rings. The highest BCUT2D eigenvalue weighted by Crippen LogP contribution is 2.04. The predicted molar refractivity (Wildman–Crippen MR) is 114 cm³/mol. The highest BCUT2D eigenvalue weighted by Gasteiger charge is 2.30. The van der Waals surface area contributed by atoms with Gasteiger partial charge in [0, 0.05) is 13.0 Å². The second-order valence-corrected chi connectivity index (χ2v) is 6.95. The third kappa shape index (κ3) is 12.2. The van der Waals surface area contributed by atoms with Crippen molar-refractivity contribution in [3.8, 4) is 0 Å². The number of primary amides is 1. The zero-order valence-corrected chi connectivity index (χ0v) is 17.9. The molecule has 4 amide bonds. The number of nitrogens with two attached hydrogens (primary N) is 4. The van der Waals surface area contributed by atoms with E-state index in [-0.39, 0.29) is 38.2 Å². The molecule has 16 nitrogen and oxygen atoms in total. The van der Waals surface area contributed by atoms with E-state index in [1.54, 1.807) is 0 Å². The number of hydrogen-bond acceptors (Lipinski definition) is 9. The molecule has 0 aliphatic carbocycles. The van der Waals surface area contributed by atoms with Crippen LogP contribution in [0, 0.1) is 0 Å². The van der Waals surface area contributed by atoms with Crippen molar-refractivity contribution in [1.82, 2.24) is 16.0 Å². The van der Waals surface area contributed by atoms with Gasteiger partial charge < -0.3 is 54.2 Å². The van der Waals surface area contributed by atoms with Gasteiger partial charge in [-0.2, -0.15) is 0 Å². The Balaban J connectivity index is 5.29. The van der Waals surface area contributed by atoms with Gasteiger partial charge in [0.2, 0.25) is 23.6 Å². The summed E-state index contributed by atoms with van der Waals surface area (Å²) in [5.41, 5.74) is 20.8. The Morgan fingerprint density at radius 3 is 1.82 bits per heavy atom. The third-order valence-corrected chi connectivity index (χ3v) is 4.22. The van der Waals surface area contributed by atoms with Crippen molar-refractivity contribution >= 4 is 35.6 Å². The molecular formula is C17H32N8O8. The number of carboxylic acids is 1. The van der Waals surface area contributed by atoms with E-state index >= 15 is 0 Å². The fourth-order valence-electron chi connectivity index (χ4n) is 2.42. The average molecular weight is 476 g/mol. The highest BCUT2D eigenvalue weighted by atomic mass is 16.4. The van der Waals surface area contributed by atoms with Crippen LogP contribution in [0.3, 0.4) is 0 Å². The van der Waals surface area contributed by atoms with E-state index in [1.165, 1.54) is 0 Å². The molecule has 0 fully saturated rings. The van der Waals surface area contributed by atoms with Crippen molar-refractivity contribution in [3.05, 3.63) is 0 Å². The maximum atomic E-state index is 12.6. The van der Waals surface area contributed by atoms with E-state index < -0.39 is 67.0 Å². The lowest BCUT2D eigenvalue weighted by atomic mass is 10.1. The Hall–Kier alpha value is -3.50. The normalized spacial score (nSPS) is 14.2. The molecule has 0 radical (unpaired) electrons. The summed E-state index contributed by atoms with van der Waals surface area (Å²) >= 11 is 0. The molecule has 0 aromatic carbocycles. The molecule has 0 aliphatic heterocycles. The Morgan fingerprint density at radius 2 is 1.33 bits per heavy atom. The number of hydrogen-bond donors (Lipinski definition) is 10. The lowest BCUT2D eigenvalue weighted by Gasteiger charge is -2.24. The van der Waals surface area contributed by atoms with Gasteiger partial charge in [0.1, 0.15) is 24.2 Å². The highest BCUT2D eigenvalue weighted by molar-refractivity contribution is 5.94. The summed E-state index contributed by atoms with van der Waals surface area (Å²) in [7, 11) is 0. The monoisotopic (exact) mass is 476 g/mol. The van der Waals surface area contributed by atoms with Gasteiger partial charge in [0.25, 0.3) is 0 Å².